The van der Waals surface area contributed by atoms with Crippen LogP contribution in [0.5, 0.6) is 0 Å². The van der Waals surface area contributed by atoms with Crippen molar-refractivity contribution in [2.75, 3.05) is 13.2 Å². The van der Waals surface area contributed by atoms with Crippen LogP contribution in [0.1, 0.15) is 13.3 Å². The van der Waals surface area contributed by atoms with Crippen LogP contribution in [-0.4, -0.2) is 51.1 Å². The minimum absolute atomic E-state index is 0.340. The topological polar surface area (TPSA) is 110 Å². The molecule has 0 rings (SSSR count). The molecule has 20 heavy (non-hydrogen) atoms. The van der Waals surface area contributed by atoms with Gasteiger partial charge in [-0.05, 0) is 19.4 Å². The third-order valence-electron chi connectivity index (χ3n) is 1.67. The van der Waals surface area contributed by atoms with Crippen LogP contribution < -0.4 is 0 Å². The van der Waals surface area contributed by atoms with Gasteiger partial charge in [-0.1, -0.05) is 6.58 Å². The van der Waals surface area contributed by atoms with E-state index in [1.165, 1.54) is 6.08 Å². The van der Waals surface area contributed by atoms with Gasteiger partial charge in [0.2, 0.25) is 0 Å². The van der Waals surface area contributed by atoms with E-state index in [2.05, 4.69) is 6.58 Å². The molecule has 0 spiro atoms. The number of ether oxygens (including phenoxy) is 1. The monoisotopic (exact) mass is 304 g/mol. The Hall–Kier alpha value is -1.93. The highest BCUT2D eigenvalue weighted by Gasteiger charge is 1.94. The molecule has 2 N–H and O–H groups in total. The predicted octanol–water partition coefficient (Wildman–Crippen LogP) is 0.356. The fourth-order valence-electron chi connectivity index (χ4n) is 0.825. The fraction of sp³-hybridized carbons (Fsp3) is 0.417. The number of hydrogen-bond acceptors (Lipinski definition) is 5. The lowest BCUT2D eigenvalue weighted by Gasteiger charge is -2.01. The van der Waals surface area contributed by atoms with Crippen LogP contribution in [-0.2, 0) is 23.5 Å². The predicted molar refractivity (Wildman–Crippen MR) is 75.2 cm³/mol. The minimum atomic E-state index is -1.26. The van der Waals surface area contributed by atoms with Gasteiger partial charge in [-0.25, -0.2) is 14.4 Å². The average Bonchev–Trinajstić information content (AvgIpc) is 2.40. The standard InChI is InChI=1S/C8H16O3Si.C4H4O4/c1-3-8(9)10-6-5-7-12-11-4-2;5-3(6)1-2-4(7)8/h3H,1,4-7,12H2,2H3;1-2H,(H,5,6)(H,7,8)/b;2-1-. The molecule has 8 heteroatoms. The molecule has 0 atom stereocenters. The van der Waals surface area contributed by atoms with E-state index in [0.717, 1.165) is 19.1 Å². The molecular weight excluding hydrogens is 284 g/mol. The smallest absolute Gasteiger partial charge is 0.330 e. The average molecular weight is 304 g/mol. The lowest BCUT2D eigenvalue weighted by Crippen LogP contribution is -2.04. The van der Waals surface area contributed by atoms with Crippen molar-refractivity contribution >= 4 is 27.7 Å². The first-order valence-corrected chi connectivity index (χ1v) is 7.52. The Bertz CT molecular complexity index is 323. The molecule has 0 amide bonds. The van der Waals surface area contributed by atoms with Gasteiger partial charge in [0.25, 0.3) is 0 Å². The number of carbonyl (C=O) groups is 3. The molecule has 0 aliphatic heterocycles. The number of hydrogen-bond donors (Lipinski definition) is 2. The molecule has 0 unspecified atom stereocenters. The Kier molecular flexibility index (Phi) is 15.4. The molecule has 0 fully saturated rings. The first kappa shape index (κ1) is 20.4. The van der Waals surface area contributed by atoms with Crippen LogP contribution in [0.4, 0.5) is 0 Å². The summed E-state index contributed by atoms with van der Waals surface area (Å²) in [5, 5.41) is 15.6. The summed E-state index contributed by atoms with van der Waals surface area (Å²) in [4.78, 5) is 29.6. The Labute approximate surface area is 119 Å². The second-order valence-corrected chi connectivity index (χ2v) is 4.81. The minimum Gasteiger partial charge on any atom is -0.478 e. The lowest BCUT2D eigenvalue weighted by atomic mass is 10.5. The van der Waals surface area contributed by atoms with Crippen molar-refractivity contribution < 1.29 is 33.8 Å². The van der Waals surface area contributed by atoms with Crippen LogP contribution >= 0.6 is 0 Å². The largest absolute Gasteiger partial charge is 0.478 e. The van der Waals surface area contributed by atoms with E-state index in [4.69, 9.17) is 19.4 Å². The number of carboxylic acids is 2. The summed E-state index contributed by atoms with van der Waals surface area (Å²) < 4.78 is 10.0. The van der Waals surface area contributed by atoms with E-state index in [0.29, 0.717) is 18.8 Å². The molecule has 0 bridgehead atoms. The normalized spacial score (nSPS) is 10.1. The number of carboxylic acid groups (broad SMARTS) is 2. The third kappa shape index (κ3) is 21.4. The summed E-state index contributed by atoms with van der Waals surface area (Å²) >= 11 is 0. The lowest BCUT2D eigenvalue weighted by molar-refractivity contribution is -0.137. The first-order valence-electron chi connectivity index (χ1n) is 5.94. The van der Waals surface area contributed by atoms with E-state index in [9.17, 15) is 14.4 Å². The summed E-state index contributed by atoms with van der Waals surface area (Å²) in [7, 11) is -0.357. The van der Waals surface area contributed by atoms with Crippen LogP contribution in [0.2, 0.25) is 6.04 Å². The first-order chi connectivity index (χ1) is 9.43. The van der Waals surface area contributed by atoms with Crippen molar-refractivity contribution in [1.29, 1.82) is 0 Å². The van der Waals surface area contributed by atoms with Crippen LogP contribution in [0, 0.1) is 0 Å². The van der Waals surface area contributed by atoms with Crippen molar-refractivity contribution in [2.45, 2.75) is 19.4 Å². The molecule has 114 valence electrons. The Morgan fingerprint density at radius 1 is 1.20 bits per heavy atom. The van der Waals surface area contributed by atoms with Gasteiger partial charge in [-0.3, -0.25) is 0 Å². The molecule has 0 aromatic heterocycles. The second-order valence-electron chi connectivity index (χ2n) is 3.29. The highest BCUT2D eigenvalue weighted by molar-refractivity contribution is 6.26. The van der Waals surface area contributed by atoms with Crippen LogP contribution in [0.15, 0.2) is 24.8 Å². The van der Waals surface area contributed by atoms with Gasteiger partial charge >= 0.3 is 17.9 Å². The van der Waals surface area contributed by atoms with E-state index in [-0.39, 0.29) is 15.7 Å². The Morgan fingerprint density at radius 3 is 2.15 bits per heavy atom. The van der Waals surface area contributed by atoms with Crippen molar-refractivity contribution in [1.82, 2.24) is 0 Å². The van der Waals surface area contributed by atoms with E-state index < -0.39 is 11.9 Å². The summed E-state index contributed by atoms with van der Waals surface area (Å²) in [5.41, 5.74) is 0. The van der Waals surface area contributed by atoms with Gasteiger partial charge < -0.3 is 19.4 Å². The van der Waals surface area contributed by atoms with Crippen molar-refractivity contribution in [2.24, 2.45) is 0 Å². The second kappa shape index (κ2) is 15.1. The zero-order chi connectivity index (χ0) is 15.8. The molecule has 7 nitrogen and oxygen atoms in total. The Morgan fingerprint density at radius 2 is 1.75 bits per heavy atom. The molecule has 0 saturated carbocycles. The van der Waals surface area contributed by atoms with E-state index in [1.807, 2.05) is 6.92 Å². The van der Waals surface area contributed by atoms with Gasteiger partial charge in [0, 0.05) is 24.8 Å². The number of rotatable bonds is 9. The SMILES string of the molecule is C=CC(=O)OCCC[SiH2]OCC.O=C(O)/C=C\C(=O)O. The molecule has 0 radical (unpaired) electrons. The van der Waals surface area contributed by atoms with Gasteiger partial charge in [0.05, 0.1) is 6.61 Å². The van der Waals surface area contributed by atoms with Gasteiger partial charge in [0.1, 0.15) is 0 Å². The highest BCUT2D eigenvalue weighted by atomic mass is 28.2. The van der Waals surface area contributed by atoms with Crippen LogP contribution in [0.25, 0.3) is 0 Å². The zero-order valence-electron chi connectivity index (χ0n) is 11.4. The molecule has 0 aliphatic carbocycles. The maximum Gasteiger partial charge on any atom is 0.330 e. The maximum atomic E-state index is 10.5. The van der Waals surface area contributed by atoms with E-state index in [1.54, 1.807) is 0 Å². The quantitative estimate of drug-likeness (QED) is 0.274. The van der Waals surface area contributed by atoms with Gasteiger partial charge in [-0.2, -0.15) is 0 Å². The third-order valence-corrected chi connectivity index (χ3v) is 3.15. The van der Waals surface area contributed by atoms with Crippen molar-refractivity contribution in [3.63, 3.8) is 0 Å². The summed E-state index contributed by atoms with van der Waals surface area (Å²) in [6.07, 6.45) is 3.20. The zero-order valence-corrected chi connectivity index (χ0v) is 12.8. The summed E-state index contributed by atoms with van der Waals surface area (Å²) in [6, 6.07) is 1.07. The fourth-order valence-corrected chi connectivity index (χ4v) is 1.73. The van der Waals surface area contributed by atoms with E-state index >= 15 is 0 Å². The molecular formula is C12H20O7Si. The summed E-state index contributed by atoms with van der Waals surface area (Å²) in [6.45, 7) is 6.58. The Balaban J connectivity index is 0. The number of aliphatic carboxylic acids is 2. The molecule has 0 heterocycles. The maximum absolute atomic E-state index is 10.5. The molecule has 0 aromatic rings. The van der Waals surface area contributed by atoms with Crippen LogP contribution in [0.3, 0.4) is 0 Å². The molecule has 0 aliphatic rings. The highest BCUT2D eigenvalue weighted by Crippen LogP contribution is 1.91. The van der Waals surface area contributed by atoms with Crippen molar-refractivity contribution in [3.8, 4) is 0 Å². The molecule has 0 aromatic carbocycles. The van der Waals surface area contributed by atoms with Gasteiger partial charge in [-0.15, -0.1) is 0 Å². The van der Waals surface area contributed by atoms with Crippen molar-refractivity contribution in [3.05, 3.63) is 24.8 Å². The van der Waals surface area contributed by atoms with Gasteiger partial charge in [0.15, 0.2) is 9.76 Å². The molecule has 0 saturated heterocycles. The summed E-state index contributed by atoms with van der Waals surface area (Å²) in [5.74, 6) is -2.85. The number of carbonyl (C=O) groups excluding carboxylic acids is 1. The number of esters is 1.